The molecule has 0 fully saturated rings. The third-order valence-corrected chi connectivity index (χ3v) is 22.2. The quantitative estimate of drug-likeness (QED) is 0.0941. The molecule has 0 bridgehead atoms. The van der Waals surface area contributed by atoms with Gasteiger partial charge in [-0.3, -0.25) is 0 Å². The zero-order valence-electron chi connectivity index (χ0n) is 57.4. The molecule has 0 N–H and O–H groups in total. The van der Waals surface area contributed by atoms with Gasteiger partial charge in [0, 0.05) is 102 Å². The summed E-state index contributed by atoms with van der Waals surface area (Å²) in [5.41, 5.74) is 24.4. The van der Waals surface area contributed by atoms with E-state index in [-0.39, 0.29) is 0 Å². The van der Waals surface area contributed by atoms with Gasteiger partial charge in [-0.1, -0.05) is 95.1 Å². The van der Waals surface area contributed by atoms with Crippen LogP contribution in [0.15, 0.2) is 290 Å². The minimum absolute atomic E-state index is 0.779. The van der Waals surface area contributed by atoms with E-state index in [9.17, 15) is 4.74 Å². The van der Waals surface area contributed by atoms with Crippen molar-refractivity contribution in [2.75, 3.05) is 48.0 Å². The molecule has 3 heterocycles. The largest absolute Gasteiger partial charge is 0.497 e. The van der Waals surface area contributed by atoms with E-state index in [0.29, 0.717) is 0 Å². The van der Waals surface area contributed by atoms with Gasteiger partial charge < -0.3 is 43.3 Å². The van der Waals surface area contributed by atoms with Gasteiger partial charge in [-0.05, 0) is 267 Å². The number of nitrogens with zero attached hydrogens (tertiary/aromatic N) is 4. The van der Waals surface area contributed by atoms with Gasteiger partial charge in [0.1, 0.15) is 34.2 Å². The fourth-order valence-electron chi connectivity index (χ4n) is 15.2. The molecule has 0 unspecified atom stereocenters. The van der Waals surface area contributed by atoms with Gasteiger partial charge in [-0.25, -0.2) is 0 Å². The number of fused-ring (bicyclic) bond motifs is 15. The van der Waals surface area contributed by atoms with Gasteiger partial charge in [0.05, 0.1) is 38.2 Å². The highest BCUT2D eigenvalue weighted by molar-refractivity contribution is 7.20. The molecular formula is C90H72N4O5S2. The van der Waals surface area contributed by atoms with E-state index >= 15 is 0 Å². The molecule has 17 rings (SSSR count). The van der Waals surface area contributed by atoms with Gasteiger partial charge in [-0.15, -0.1) is 22.7 Å². The average molecular weight is 1350 g/mol. The Balaban J connectivity index is 0.989. The van der Waals surface area contributed by atoms with Crippen molar-refractivity contribution >= 4 is 90.9 Å². The molecule has 1 aliphatic heterocycles. The van der Waals surface area contributed by atoms with Crippen molar-refractivity contribution in [2.45, 2.75) is 38.9 Å². The normalized spacial score (nSPS) is 13.1. The SMILES string of the molecule is COc1ccc(N(c2ccc(C)cc2)c2ccc3c(c2)C2(OC4(c5cc(N(c6ccc(C)cc6)c6ccc(OC)cc6)ccc5-c5ccc(N(c6ccc(C)cc6)c6ccc(OC)cc6)cc54)c4ccsc4-c4sccc42)c2cc(N(c4ccc(C)cc4)c4ccc(OC)cc4)ccc2-3)cc1. The van der Waals surface area contributed by atoms with Crippen LogP contribution in [0.5, 0.6) is 23.0 Å². The number of hydrogen-bond acceptors (Lipinski definition) is 11. The molecule has 494 valence electrons. The number of methoxy groups -OCH3 is 4. The Morgan fingerprint density at radius 2 is 0.436 bits per heavy atom. The molecule has 0 radical (unpaired) electrons. The van der Waals surface area contributed by atoms with Crippen LogP contribution in [0, 0.1) is 27.7 Å². The van der Waals surface area contributed by atoms with Crippen molar-refractivity contribution in [2.24, 2.45) is 0 Å². The molecule has 2 aliphatic carbocycles. The third kappa shape index (κ3) is 10.5. The Kier molecular flexibility index (Phi) is 15.7. The first-order valence-corrected chi connectivity index (χ1v) is 35.7. The van der Waals surface area contributed by atoms with Gasteiger partial charge in [-0.2, -0.15) is 0 Å². The number of hydrogen-bond donors (Lipinski definition) is 0. The first kappa shape index (κ1) is 62.9. The molecule has 2 spiro atoms. The van der Waals surface area contributed by atoms with Crippen LogP contribution < -0.4 is 38.5 Å². The van der Waals surface area contributed by atoms with Crippen LogP contribution in [0.25, 0.3) is 32.0 Å². The lowest BCUT2D eigenvalue weighted by Crippen LogP contribution is -2.41. The van der Waals surface area contributed by atoms with Crippen LogP contribution in [0.3, 0.4) is 0 Å². The fraction of sp³-hybridized carbons (Fsp3) is 0.111. The highest BCUT2D eigenvalue weighted by Crippen LogP contribution is 2.68. The Labute approximate surface area is 598 Å². The number of aryl methyl sites for hydroxylation is 4. The molecule has 0 saturated carbocycles. The molecular weight excluding hydrogens is 1280 g/mol. The van der Waals surface area contributed by atoms with Crippen molar-refractivity contribution in [1.82, 2.24) is 0 Å². The van der Waals surface area contributed by atoms with E-state index in [0.717, 1.165) is 157 Å². The maximum Gasteiger partial charge on any atom is 0.148 e. The highest BCUT2D eigenvalue weighted by Gasteiger charge is 2.60. The lowest BCUT2D eigenvalue weighted by molar-refractivity contribution is -0.0736. The van der Waals surface area contributed by atoms with Crippen LogP contribution in [-0.4, -0.2) is 28.4 Å². The molecule has 2 aromatic heterocycles. The summed E-state index contributed by atoms with van der Waals surface area (Å²) in [6.07, 6.45) is 0. The number of ether oxygens (including phenoxy) is 5. The van der Waals surface area contributed by atoms with Crippen molar-refractivity contribution in [3.05, 3.63) is 345 Å². The van der Waals surface area contributed by atoms with Crippen molar-refractivity contribution < 1.29 is 23.7 Å². The average Bonchev–Trinajstić information content (AvgIpc) is 1.50. The van der Waals surface area contributed by atoms with E-state index in [1.54, 1.807) is 51.1 Å². The molecule has 12 aromatic carbocycles. The Morgan fingerprint density at radius 1 is 0.238 bits per heavy atom. The minimum atomic E-state index is -1.34. The smallest absolute Gasteiger partial charge is 0.148 e. The van der Waals surface area contributed by atoms with Crippen LogP contribution in [0.4, 0.5) is 68.2 Å². The van der Waals surface area contributed by atoms with E-state index in [1.165, 1.54) is 22.3 Å². The summed E-state index contributed by atoms with van der Waals surface area (Å²) < 4.78 is 32.6. The molecule has 0 saturated heterocycles. The molecule has 3 aliphatic rings. The summed E-state index contributed by atoms with van der Waals surface area (Å²) in [4.78, 5) is 11.7. The maximum atomic E-state index is 9.43. The molecule has 0 atom stereocenters. The van der Waals surface area contributed by atoms with Gasteiger partial charge in [0.25, 0.3) is 0 Å². The summed E-state index contributed by atoms with van der Waals surface area (Å²) in [7, 11) is 6.87. The first-order chi connectivity index (χ1) is 49.4. The predicted molar refractivity (Wildman–Crippen MR) is 416 cm³/mol. The summed E-state index contributed by atoms with van der Waals surface area (Å²) in [5.74, 6) is 3.12. The topological polar surface area (TPSA) is 59.1 Å². The van der Waals surface area contributed by atoms with Crippen LogP contribution >= 0.6 is 22.7 Å². The summed E-state index contributed by atoms with van der Waals surface area (Å²) in [6, 6.07) is 102. The second-order valence-corrected chi connectivity index (χ2v) is 28.0. The molecule has 0 amide bonds. The van der Waals surface area contributed by atoms with Crippen molar-refractivity contribution in [1.29, 1.82) is 0 Å². The number of anilines is 12. The van der Waals surface area contributed by atoms with Gasteiger partial charge in [0.2, 0.25) is 0 Å². The Hall–Kier alpha value is -11.6. The maximum absolute atomic E-state index is 9.43. The molecule has 11 heteroatoms. The van der Waals surface area contributed by atoms with E-state index in [2.05, 4.69) is 289 Å². The lowest BCUT2D eigenvalue weighted by Gasteiger charge is -2.42. The summed E-state index contributed by atoms with van der Waals surface area (Å²) in [6.45, 7) is 8.56. The van der Waals surface area contributed by atoms with Gasteiger partial charge in [0.15, 0.2) is 0 Å². The number of thiophene rings is 2. The molecule has 101 heavy (non-hydrogen) atoms. The first-order valence-electron chi connectivity index (χ1n) is 33.9. The van der Waals surface area contributed by atoms with Crippen molar-refractivity contribution in [3.63, 3.8) is 0 Å². The monoisotopic (exact) mass is 1350 g/mol. The predicted octanol–water partition coefficient (Wildman–Crippen LogP) is 24.2. The zero-order chi connectivity index (χ0) is 68.7. The fourth-order valence-corrected chi connectivity index (χ4v) is 17.3. The van der Waals surface area contributed by atoms with E-state index in [4.69, 9.17) is 18.9 Å². The second-order valence-electron chi connectivity index (χ2n) is 26.2. The highest BCUT2D eigenvalue weighted by atomic mass is 32.1. The van der Waals surface area contributed by atoms with Crippen LogP contribution in [-0.2, 0) is 15.9 Å². The van der Waals surface area contributed by atoms with E-state index < -0.39 is 11.2 Å². The Morgan fingerprint density at radius 3 is 0.644 bits per heavy atom. The minimum Gasteiger partial charge on any atom is -0.497 e. The zero-order valence-corrected chi connectivity index (χ0v) is 59.0. The van der Waals surface area contributed by atoms with Crippen molar-refractivity contribution in [3.8, 4) is 55.0 Å². The van der Waals surface area contributed by atoms with Crippen LogP contribution in [0.1, 0.15) is 55.6 Å². The van der Waals surface area contributed by atoms with E-state index in [1.807, 2.05) is 48.5 Å². The van der Waals surface area contributed by atoms with Crippen LogP contribution in [0.2, 0.25) is 0 Å². The van der Waals surface area contributed by atoms with Gasteiger partial charge >= 0.3 is 0 Å². The third-order valence-electron chi connectivity index (χ3n) is 20.2. The number of benzene rings is 12. The summed E-state index contributed by atoms with van der Waals surface area (Å²) in [5, 5.41) is 4.54. The standard InChI is InChI=1S/C90H72N4O5S2/c1-57-9-17-61(18-10-57)91(65-25-37-73(95-5)38-26-65)69-33-45-77-78-46-34-70(92(62-19-11-58(2)12-20-62)66-27-39-74(96-6)40-28-66)54-84(78)89(83(77)53-69)81-49-51-100-87(81)88-82(50-52-101-88)90(99-89)85-55-71(93(63-21-13-59(3)14-22-63)67-29-41-75(97-7)42-30-67)35-47-79(85)80-48-36-72(56-86(80)90)94(64-23-15-60(4)16-24-64)68-31-43-76(98-8)44-32-68/h9-56H,1-8H3. The summed E-state index contributed by atoms with van der Waals surface area (Å²) >= 11 is 3.56. The number of rotatable bonds is 16. The molecule has 9 nitrogen and oxygen atoms in total. The Bertz CT molecular complexity index is 4790. The lowest BCUT2D eigenvalue weighted by atomic mass is 9.81. The second kappa shape index (κ2) is 25.3. The molecule has 14 aromatic rings.